The lowest BCUT2D eigenvalue weighted by Gasteiger charge is -2.14. The summed E-state index contributed by atoms with van der Waals surface area (Å²) in [6.45, 7) is 1.79. The van der Waals surface area contributed by atoms with Crippen molar-refractivity contribution in [3.63, 3.8) is 0 Å². The van der Waals surface area contributed by atoms with Gasteiger partial charge in [-0.05, 0) is 24.6 Å². The molecule has 0 radical (unpaired) electrons. The highest BCUT2D eigenvalue weighted by Crippen LogP contribution is 2.19. The van der Waals surface area contributed by atoms with Gasteiger partial charge in [-0.1, -0.05) is 28.1 Å². The van der Waals surface area contributed by atoms with E-state index >= 15 is 0 Å². The summed E-state index contributed by atoms with van der Waals surface area (Å²) in [6, 6.07) is 7.18. The molecule has 0 aliphatic rings. The van der Waals surface area contributed by atoms with E-state index in [1.807, 2.05) is 24.3 Å². The molecule has 0 aliphatic carbocycles. The van der Waals surface area contributed by atoms with Gasteiger partial charge >= 0.3 is 0 Å². The Bertz CT molecular complexity index is 625. The van der Waals surface area contributed by atoms with Gasteiger partial charge < -0.3 is 0 Å². The van der Waals surface area contributed by atoms with Crippen LogP contribution in [0, 0.1) is 0 Å². The van der Waals surface area contributed by atoms with Crippen molar-refractivity contribution < 1.29 is 8.42 Å². The van der Waals surface area contributed by atoms with E-state index in [0.717, 1.165) is 10.0 Å². The predicted molar refractivity (Wildman–Crippen MR) is 71.5 cm³/mol. The number of halogens is 1. The van der Waals surface area contributed by atoms with Crippen LogP contribution in [-0.4, -0.2) is 18.6 Å². The molecule has 7 heteroatoms. The first-order chi connectivity index (χ1) is 8.49. The zero-order chi connectivity index (χ0) is 13.2. The van der Waals surface area contributed by atoms with Gasteiger partial charge in [-0.15, -0.1) is 0 Å². The molecule has 1 atom stereocenters. The predicted octanol–water partition coefficient (Wildman–Crippen LogP) is 2.21. The van der Waals surface area contributed by atoms with Crippen molar-refractivity contribution >= 4 is 26.0 Å². The molecule has 1 unspecified atom stereocenters. The minimum atomic E-state index is -3.54. The van der Waals surface area contributed by atoms with Gasteiger partial charge in [0.15, 0.2) is 0 Å². The average Bonchev–Trinajstić information content (AvgIpc) is 2.82. The number of benzene rings is 1. The number of H-pyrrole nitrogens is 1. The number of hydrogen-bond acceptors (Lipinski definition) is 3. The Morgan fingerprint density at radius 2 is 2.22 bits per heavy atom. The van der Waals surface area contributed by atoms with Crippen LogP contribution in [0.5, 0.6) is 0 Å². The van der Waals surface area contributed by atoms with Crippen LogP contribution in [-0.2, 0) is 10.0 Å². The number of hydrogen-bond donors (Lipinski definition) is 2. The first-order valence-corrected chi connectivity index (χ1v) is 7.53. The molecule has 0 saturated carbocycles. The van der Waals surface area contributed by atoms with Crippen molar-refractivity contribution in [3.8, 4) is 0 Å². The fourth-order valence-corrected chi connectivity index (χ4v) is 3.08. The number of rotatable bonds is 4. The maximum Gasteiger partial charge on any atom is 0.244 e. The fourth-order valence-electron chi connectivity index (χ4n) is 1.53. The number of sulfonamides is 1. The summed E-state index contributed by atoms with van der Waals surface area (Å²) in [7, 11) is -3.54. The van der Waals surface area contributed by atoms with E-state index in [0.29, 0.717) is 0 Å². The lowest BCUT2D eigenvalue weighted by Crippen LogP contribution is -2.26. The Balaban J connectivity index is 2.20. The van der Waals surface area contributed by atoms with Crippen molar-refractivity contribution in [1.29, 1.82) is 0 Å². The zero-order valence-electron chi connectivity index (χ0n) is 9.59. The summed E-state index contributed by atoms with van der Waals surface area (Å²) in [4.78, 5) is 0.129. The maximum absolute atomic E-state index is 12.0. The number of nitrogens with zero attached hydrogens (tertiary/aromatic N) is 1. The van der Waals surface area contributed by atoms with Crippen molar-refractivity contribution in [3.05, 3.63) is 46.7 Å². The van der Waals surface area contributed by atoms with Gasteiger partial charge in [0.1, 0.15) is 4.90 Å². The van der Waals surface area contributed by atoms with Crippen LogP contribution in [0.1, 0.15) is 18.5 Å². The summed E-state index contributed by atoms with van der Waals surface area (Å²) in [5, 5.41) is 6.11. The quantitative estimate of drug-likeness (QED) is 0.903. The van der Waals surface area contributed by atoms with Gasteiger partial charge in [-0.2, -0.15) is 5.10 Å². The monoisotopic (exact) mass is 329 g/mol. The highest BCUT2D eigenvalue weighted by Gasteiger charge is 2.19. The summed E-state index contributed by atoms with van der Waals surface area (Å²) in [5.74, 6) is 0. The largest absolute Gasteiger partial charge is 0.284 e. The molecule has 1 aromatic carbocycles. The van der Waals surface area contributed by atoms with Crippen LogP contribution in [0.25, 0.3) is 0 Å². The molecule has 96 valence electrons. The Kier molecular flexibility index (Phi) is 3.84. The van der Waals surface area contributed by atoms with Gasteiger partial charge in [-0.3, -0.25) is 5.10 Å². The van der Waals surface area contributed by atoms with Crippen molar-refractivity contribution in [2.75, 3.05) is 0 Å². The van der Waals surface area contributed by atoms with Crippen LogP contribution in [0.4, 0.5) is 0 Å². The second kappa shape index (κ2) is 5.21. The van der Waals surface area contributed by atoms with Gasteiger partial charge in [0, 0.05) is 16.7 Å². The third kappa shape index (κ3) is 2.98. The molecule has 2 rings (SSSR count). The third-order valence-electron chi connectivity index (χ3n) is 2.46. The smallest absolute Gasteiger partial charge is 0.244 e. The van der Waals surface area contributed by atoms with Gasteiger partial charge in [0.2, 0.25) is 10.0 Å². The van der Waals surface area contributed by atoms with Crippen molar-refractivity contribution in [2.24, 2.45) is 0 Å². The molecule has 18 heavy (non-hydrogen) atoms. The Hall–Kier alpha value is -1.18. The molecule has 0 spiro atoms. The summed E-state index contributed by atoms with van der Waals surface area (Å²) >= 11 is 3.36. The van der Waals surface area contributed by atoms with Crippen LogP contribution in [0.3, 0.4) is 0 Å². The Morgan fingerprint density at radius 1 is 1.44 bits per heavy atom. The van der Waals surface area contributed by atoms with E-state index in [4.69, 9.17) is 0 Å². The van der Waals surface area contributed by atoms with Crippen molar-refractivity contribution in [2.45, 2.75) is 17.9 Å². The highest BCUT2D eigenvalue weighted by atomic mass is 79.9. The number of aromatic nitrogens is 2. The second-order valence-electron chi connectivity index (χ2n) is 3.83. The molecule has 2 aromatic rings. The van der Waals surface area contributed by atoms with Crippen LogP contribution in [0.15, 0.2) is 46.0 Å². The molecule has 0 saturated heterocycles. The normalized spacial score (nSPS) is 13.4. The van der Waals surface area contributed by atoms with Crippen LogP contribution < -0.4 is 4.72 Å². The Morgan fingerprint density at radius 3 is 2.83 bits per heavy atom. The molecule has 0 bridgehead atoms. The van der Waals surface area contributed by atoms with E-state index in [1.165, 1.54) is 12.4 Å². The molecule has 0 aliphatic heterocycles. The molecular formula is C11H12BrN3O2S. The number of nitrogens with one attached hydrogen (secondary N) is 2. The maximum atomic E-state index is 12.0. The summed E-state index contributed by atoms with van der Waals surface area (Å²) < 4.78 is 27.5. The van der Waals surface area contributed by atoms with Gasteiger partial charge in [-0.25, -0.2) is 13.1 Å². The standard InChI is InChI=1S/C11H12BrN3O2S/c1-8(9-3-2-4-10(12)5-9)15-18(16,17)11-6-13-14-7-11/h2-8,15H,1H3,(H,13,14). The first kappa shape index (κ1) is 13.3. The fraction of sp³-hybridized carbons (Fsp3) is 0.182. The van der Waals surface area contributed by atoms with Crippen molar-refractivity contribution in [1.82, 2.24) is 14.9 Å². The molecule has 1 aromatic heterocycles. The SMILES string of the molecule is CC(NS(=O)(=O)c1cn[nH]c1)c1cccc(Br)c1. The van der Waals surface area contributed by atoms with Gasteiger partial charge in [0.25, 0.3) is 0 Å². The van der Waals surface area contributed by atoms with E-state index < -0.39 is 10.0 Å². The summed E-state index contributed by atoms with van der Waals surface area (Å²) in [6.07, 6.45) is 2.62. The third-order valence-corrected chi connectivity index (χ3v) is 4.47. The lowest BCUT2D eigenvalue weighted by molar-refractivity contribution is 0.567. The average molecular weight is 330 g/mol. The van der Waals surface area contributed by atoms with Crippen LogP contribution >= 0.6 is 15.9 Å². The first-order valence-electron chi connectivity index (χ1n) is 5.25. The topological polar surface area (TPSA) is 74.8 Å². The molecular weight excluding hydrogens is 318 g/mol. The van der Waals surface area contributed by atoms with E-state index in [1.54, 1.807) is 6.92 Å². The molecule has 1 heterocycles. The van der Waals surface area contributed by atoms with E-state index in [9.17, 15) is 8.42 Å². The van der Waals surface area contributed by atoms with E-state index in [-0.39, 0.29) is 10.9 Å². The van der Waals surface area contributed by atoms with Gasteiger partial charge in [0.05, 0.1) is 6.20 Å². The highest BCUT2D eigenvalue weighted by molar-refractivity contribution is 9.10. The second-order valence-corrected chi connectivity index (χ2v) is 6.46. The van der Waals surface area contributed by atoms with E-state index in [2.05, 4.69) is 30.8 Å². The molecule has 0 amide bonds. The summed E-state index contributed by atoms with van der Waals surface area (Å²) in [5.41, 5.74) is 0.886. The molecule has 2 N–H and O–H groups in total. The minimum Gasteiger partial charge on any atom is -0.284 e. The number of aromatic amines is 1. The Labute approximate surface area is 114 Å². The lowest BCUT2D eigenvalue weighted by atomic mass is 10.1. The zero-order valence-corrected chi connectivity index (χ0v) is 12.0. The minimum absolute atomic E-state index is 0.129. The van der Waals surface area contributed by atoms with Crippen LogP contribution in [0.2, 0.25) is 0 Å². The molecule has 5 nitrogen and oxygen atoms in total. The molecule has 0 fully saturated rings.